The normalized spacial score (nSPS) is 12.4. The molecule has 166 valence electrons. The van der Waals surface area contributed by atoms with Crippen LogP contribution in [0.1, 0.15) is 21.5 Å². The number of fused-ring (bicyclic) bond motifs is 1. The van der Waals surface area contributed by atoms with Gasteiger partial charge in [-0.25, -0.2) is 0 Å². The average molecular weight is 441 g/mol. The Labute approximate surface area is 192 Å². The molecule has 1 amide bonds. The van der Waals surface area contributed by atoms with Gasteiger partial charge in [0.15, 0.2) is 11.5 Å². The number of amides is 1. The maximum Gasteiger partial charge on any atom is 0.255 e. The number of nitrogens with one attached hydrogen (secondary N) is 1. The van der Waals surface area contributed by atoms with Gasteiger partial charge in [-0.05, 0) is 41.8 Å². The summed E-state index contributed by atoms with van der Waals surface area (Å²) in [6.45, 7) is 2.20. The molecule has 0 unspecified atom stereocenters. The van der Waals surface area contributed by atoms with E-state index in [1.165, 1.54) is 0 Å². The van der Waals surface area contributed by atoms with Gasteiger partial charge in [0.1, 0.15) is 18.9 Å². The van der Waals surface area contributed by atoms with Gasteiger partial charge in [0.05, 0.1) is 12.1 Å². The molecule has 0 radical (unpaired) electrons. The summed E-state index contributed by atoms with van der Waals surface area (Å²) in [5.41, 5.74) is 4.15. The Morgan fingerprint density at radius 3 is 2.64 bits per heavy atom. The zero-order chi connectivity index (χ0) is 22.5. The third-order valence-electron chi connectivity index (χ3n) is 5.43. The van der Waals surface area contributed by atoms with Gasteiger partial charge in [0, 0.05) is 30.7 Å². The lowest BCUT2D eigenvalue weighted by atomic mass is 10.1. The lowest BCUT2D eigenvalue weighted by Gasteiger charge is -2.18. The van der Waals surface area contributed by atoms with E-state index in [9.17, 15) is 4.79 Å². The lowest BCUT2D eigenvalue weighted by molar-refractivity contribution is 0.0954. The van der Waals surface area contributed by atoms with Crippen molar-refractivity contribution in [1.29, 1.82) is 0 Å². The number of hydrogen-bond donors (Lipinski definition) is 1. The zero-order valence-corrected chi connectivity index (χ0v) is 18.1. The summed E-state index contributed by atoms with van der Waals surface area (Å²) in [6, 6.07) is 19.7. The Bertz CT molecular complexity index is 1240. The Morgan fingerprint density at radius 1 is 0.970 bits per heavy atom. The van der Waals surface area contributed by atoms with Crippen molar-refractivity contribution in [3.05, 3.63) is 95.9 Å². The van der Waals surface area contributed by atoms with Crippen molar-refractivity contribution in [2.24, 2.45) is 0 Å². The van der Waals surface area contributed by atoms with Gasteiger partial charge >= 0.3 is 0 Å². The summed E-state index contributed by atoms with van der Waals surface area (Å²) >= 11 is 0. The summed E-state index contributed by atoms with van der Waals surface area (Å²) in [6.07, 6.45) is 5.91. The van der Waals surface area contributed by atoms with Crippen LogP contribution < -0.4 is 14.8 Å². The van der Waals surface area contributed by atoms with Crippen molar-refractivity contribution in [1.82, 2.24) is 20.1 Å². The third-order valence-corrected chi connectivity index (χ3v) is 5.43. The Balaban J connectivity index is 1.31. The van der Waals surface area contributed by atoms with Gasteiger partial charge in [0.2, 0.25) is 0 Å². The smallest absolute Gasteiger partial charge is 0.255 e. The number of carbonyl (C=O) groups is 1. The van der Waals surface area contributed by atoms with Crippen molar-refractivity contribution in [3.8, 4) is 22.8 Å². The summed E-state index contributed by atoms with van der Waals surface area (Å²) < 4.78 is 13.0. The summed E-state index contributed by atoms with van der Waals surface area (Å²) in [5.74, 6) is 1.36. The first-order valence-corrected chi connectivity index (χ1v) is 10.9. The number of nitrogens with zero attached hydrogens (tertiary/aromatic N) is 3. The monoisotopic (exact) mass is 440 g/mol. The van der Waals surface area contributed by atoms with E-state index < -0.39 is 0 Å². The SMILES string of the molecule is O=C(NCCc1ccc2c(c1)OCCO2)c1cn(Cc2ccccc2)nc1-c1cccnc1. The molecule has 0 bridgehead atoms. The van der Waals surface area contributed by atoms with Gasteiger partial charge in [0.25, 0.3) is 5.91 Å². The molecule has 5 rings (SSSR count). The van der Waals surface area contributed by atoms with Crippen LogP contribution in [0.5, 0.6) is 11.5 Å². The van der Waals surface area contributed by atoms with Crippen molar-refractivity contribution < 1.29 is 14.3 Å². The van der Waals surface area contributed by atoms with Crippen molar-refractivity contribution >= 4 is 5.91 Å². The van der Waals surface area contributed by atoms with Crippen molar-refractivity contribution in [2.45, 2.75) is 13.0 Å². The molecule has 1 aliphatic heterocycles. The maximum absolute atomic E-state index is 13.1. The van der Waals surface area contributed by atoms with E-state index in [0.29, 0.717) is 44.0 Å². The topological polar surface area (TPSA) is 78.3 Å². The second kappa shape index (κ2) is 9.56. The van der Waals surface area contributed by atoms with Crippen LogP contribution in [0.3, 0.4) is 0 Å². The quantitative estimate of drug-likeness (QED) is 0.474. The molecule has 0 fully saturated rings. The van der Waals surface area contributed by atoms with Gasteiger partial charge in [-0.3, -0.25) is 14.5 Å². The molecule has 0 spiro atoms. The largest absolute Gasteiger partial charge is 0.486 e. The number of aromatic nitrogens is 3. The van der Waals surface area contributed by atoms with E-state index in [4.69, 9.17) is 14.6 Å². The lowest BCUT2D eigenvalue weighted by Crippen LogP contribution is -2.26. The van der Waals surface area contributed by atoms with Gasteiger partial charge in [-0.15, -0.1) is 0 Å². The van der Waals surface area contributed by atoms with Crippen LogP contribution in [-0.4, -0.2) is 40.4 Å². The molecule has 1 aliphatic rings. The predicted octanol–water partition coefficient (Wildman–Crippen LogP) is 3.74. The second-order valence-corrected chi connectivity index (χ2v) is 7.80. The van der Waals surface area contributed by atoms with Crippen molar-refractivity contribution in [3.63, 3.8) is 0 Å². The molecule has 4 aromatic rings. The van der Waals surface area contributed by atoms with Crippen LogP contribution in [-0.2, 0) is 13.0 Å². The Morgan fingerprint density at radius 2 is 1.82 bits per heavy atom. The molecule has 0 saturated carbocycles. The van der Waals surface area contributed by atoms with E-state index in [-0.39, 0.29) is 5.91 Å². The number of rotatable bonds is 7. The van der Waals surface area contributed by atoms with E-state index in [0.717, 1.165) is 28.2 Å². The Hall–Kier alpha value is -4.13. The first-order chi connectivity index (χ1) is 16.3. The molecule has 2 aromatic heterocycles. The molecule has 3 heterocycles. The molecule has 7 heteroatoms. The highest BCUT2D eigenvalue weighted by molar-refractivity contribution is 5.99. The zero-order valence-electron chi connectivity index (χ0n) is 18.1. The standard InChI is InChI=1S/C26H24N4O3/c31-26(28-12-10-19-8-9-23-24(15-19)33-14-13-32-23)22-18-30(17-20-5-2-1-3-6-20)29-25(22)21-7-4-11-27-16-21/h1-9,11,15-16,18H,10,12-14,17H2,(H,28,31). The first-order valence-electron chi connectivity index (χ1n) is 10.9. The molecule has 33 heavy (non-hydrogen) atoms. The molecule has 0 aliphatic carbocycles. The molecule has 2 aromatic carbocycles. The minimum Gasteiger partial charge on any atom is -0.486 e. The number of benzene rings is 2. The molecule has 7 nitrogen and oxygen atoms in total. The van der Waals surface area contributed by atoms with Gasteiger partial charge < -0.3 is 14.8 Å². The molecular weight excluding hydrogens is 416 g/mol. The minimum atomic E-state index is -0.161. The molecule has 0 saturated heterocycles. The average Bonchev–Trinajstić information content (AvgIpc) is 3.29. The van der Waals surface area contributed by atoms with Crippen LogP contribution in [0.25, 0.3) is 11.3 Å². The van der Waals surface area contributed by atoms with Crippen LogP contribution >= 0.6 is 0 Å². The van der Waals surface area contributed by atoms with E-state index in [1.54, 1.807) is 23.3 Å². The third kappa shape index (κ3) is 4.87. The Kier molecular flexibility index (Phi) is 6.01. The second-order valence-electron chi connectivity index (χ2n) is 7.80. The van der Waals surface area contributed by atoms with E-state index in [2.05, 4.69) is 10.3 Å². The molecule has 1 N–H and O–H groups in total. The van der Waals surface area contributed by atoms with Gasteiger partial charge in [-0.2, -0.15) is 5.10 Å². The summed E-state index contributed by atoms with van der Waals surface area (Å²) in [7, 11) is 0. The fraction of sp³-hybridized carbons (Fsp3) is 0.192. The van der Waals surface area contributed by atoms with E-state index in [1.807, 2.05) is 60.7 Å². The van der Waals surface area contributed by atoms with Crippen LogP contribution in [0.15, 0.2) is 79.3 Å². The number of carbonyl (C=O) groups excluding carboxylic acids is 1. The van der Waals surface area contributed by atoms with Crippen LogP contribution in [0.2, 0.25) is 0 Å². The fourth-order valence-corrected chi connectivity index (χ4v) is 3.81. The highest BCUT2D eigenvalue weighted by Gasteiger charge is 2.18. The number of pyridine rings is 1. The highest BCUT2D eigenvalue weighted by atomic mass is 16.6. The predicted molar refractivity (Wildman–Crippen MR) is 124 cm³/mol. The minimum absolute atomic E-state index is 0.161. The highest BCUT2D eigenvalue weighted by Crippen LogP contribution is 2.30. The number of hydrogen-bond acceptors (Lipinski definition) is 5. The summed E-state index contributed by atoms with van der Waals surface area (Å²) in [4.78, 5) is 17.3. The molecular formula is C26H24N4O3. The van der Waals surface area contributed by atoms with Crippen molar-refractivity contribution in [2.75, 3.05) is 19.8 Å². The van der Waals surface area contributed by atoms with Crippen LogP contribution in [0, 0.1) is 0 Å². The van der Waals surface area contributed by atoms with Gasteiger partial charge in [-0.1, -0.05) is 36.4 Å². The first kappa shape index (κ1) is 20.8. The van der Waals surface area contributed by atoms with E-state index >= 15 is 0 Å². The molecule has 0 atom stereocenters. The van der Waals surface area contributed by atoms with Crippen LogP contribution in [0.4, 0.5) is 0 Å². The fourth-order valence-electron chi connectivity index (χ4n) is 3.81. The maximum atomic E-state index is 13.1. The summed E-state index contributed by atoms with van der Waals surface area (Å²) in [5, 5.41) is 7.73. The number of ether oxygens (including phenoxy) is 2.